The van der Waals surface area contributed by atoms with Gasteiger partial charge in [-0.3, -0.25) is 4.79 Å². The van der Waals surface area contributed by atoms with Gasteiger partial charge in [0.1, 0.15) is 0 Å². The molecule has 1 heterocycles. The van der Waals surface area contributed by atoms with Crippen LogP contribution in [0.4, 0.5) is 0 Å². The van der Waals surface area contributed by atoms with Gasteiger partial charge in [0.05, 0.1) is 18.9 Å². The van der Waals surface area contributed by atoms with Gasteiger partial charge >= 0.3 is 5.97 Å². The lowest BCUT2D eigenvalue weighted by molar-refractivity contribution is -0.137. The summed E-state index contributed by atoms with van der Waals surface area (Å²) in [6.07, 6.45) is 2.70. The van der Waals surface area contributed by atoms with Gasteiger partial charge in [-0.1, -0.05) is 0 Å². The van der Waals surface area contributed by atoms with Gasteiger partial charge in [-0.05, 0) is 6.07 Å². The fourth-order valence-corrected chi connectivity index (χ4v) is 2.44. The van der Waals surface area contributed by atoms with Gasteiger partial charge in [0.25, 0.3) is 10.2 Å². The highest BCUT2D eigenvalue weighted by molar-refractivity contribution is 7.86. The number of aliphatic carboxylic acids is 1. The van der Waals surface area contributed by atoms with E-state index in [2.05, 4.69) is 0 Å². The fourth-order valence-electron chi connectivity index (χ4n) is 1.33. The van der Waals surface area contributed by atoms with Crippen molar-refractivity contribution in [2.24, 2.45) is 0 Å². The predicted octanol–water partition coefficient (Wildman–Crippen LogP) is 0.363. The van der Waals surface area contributed by atoms with Gasteiger partial charge in [0.15, 0.2) is 0 Å². The first-order chi connectivity index (χ1) is 8.34. The molecule has 1 N–H and O–H groups in total. The zero-order valence-electron chi connectivity index (χ0n) is 10.2. The van der Waals surface area contributed by atoms with E-state index in [0.717, 1.165) is 14.2 Å². The maximum absolute atomic E-state index is 12.0. The van der Waals surface area contributed by atoms with E-state index in [4.69, 9.17) is 9.52 Å². The van der Waals surface area contributed by atoms with Crippen LogP contribution >= 0.6 is 0 Å². The zero-order chi connectivity index (χ0) is 13.8. The van der Waals surface area contributed by atoms with Crippen molar-refractivity contribution in [3.05, 3.63) is 24.2 Å². The lowest BCUT2D eigenvalue weighted by Gasteiger charge is -2.23. The average Bonchev–Trinajstić information content (AvgIpc) is 2.78. The van der Waals surface area contributed by atoms with Crippen LogP contribution in [0.2, 0.25) is 0 Å². The second kappa shape index (κ2) is 5.98. The molecule has 0 bridgehead atoms. The molecule has 0 aliphatic carbocycles. The summed E-state index contributed by atoms with van der Waals surface area (Å²) in [5, 5.41) is 8.53. The molecule has 0 amide bonds. The SMILES string of the molecule is CN(CCC(=O)O)S(=O)(=O)N(C)Cc1ccoc1. The van der Waals surface area contributed by atoms with Crippen molar-refractivity contribution in [1.29, 1.82) is 0 Å². The molecule has 0 aromatic carbocycles. The average molecular weight is 276 g/mol. The lowest BCUT2D eigenvalue weighted by Crippen LogP contribution is -2.40. The number of furan rings is 1. The molecule has 0 radical (unpaired) electrons. The van der Waals surface area contributed by atoms with Gasteiger partial charge in [0.2, 0.25) is 0 Å². The predicted molar refractivity (Wildman–Crippen MR) is 64.0 cm³/mol. The molecular weight excluding hydrogens is 260 g/mol. The number of hydrogen-bond acceptors (Lipinski definition) is 4. The first kappa shape index (κ1) is 14.7. The van der Waals surface area contributed by atoms with Crippen LogP contribution in [-0.2, 0) is 21.5 Å². The van der Waals surface area contributed by atoms with E-state index in [9.17, 15) is 13.2 Å². The third-order valence-corrected chi connectivity index (χ3v) is 4.30. The summed E-state index contributed by atoms with van der Waals surface area (Å²) in [7, 11) is -0.868. The summed E-state index contributed by atoms with van der Waals surface area (Å²) in [4.78, 5) is 10.4. The van der Waals surface area contributed by atoms with Gasteiger partial charge < -0.3 is 9.52 Å². The van der Waals surface area contributed by atoms with Crippen LogP contribution in [-0.4, -0.2) is 48.7 Å². The molecule has 0 saturated heterocycles. The molecule has 102 valence electrons. The highest BCUT2D eigenvalue weighted by atomic mass is 32.2. The molecule has 7 nitrogen and oxygen atoms in total. The zero-order valence-corrected chi connectivity index (χ0v) is 11.1. The minimum Gasteiger partial charge on any atom is -0.481 e. The largest absolute Gasteiger partial charge is 0.481 e. The monoisotopic (exact) mass is 276 g/mol. The van der Waals surface area contributed by atoms with E-state index in [0.29, 0.717) is 0 Å². The Balaban J connectivity index is 2.64. The van der Waals surface area contributed by atoms with Crippen molar-refractivity contribution >= 4 is 16.2 Å². The Hall–Kier alpha value is -1.38. The van der Waals surface area contributed by atoms with Crippen molar-refractivity contribution in [3.63, 3.8) is 0 Å². The maximum Gasteiger partial charge on any atom is 0.304 e. The summed E-state index contributed by atoms with van der Waals surface area (Å²) < 4.78 is 31.0. The van der Waals surface area contributed by atoms with Crippen LogP contribution in [0, 0.1) is 0 Å². The maximum atomic E-state index is 12.0. The summed E-state index contributed by atoms with van der Waals surface area (Å²) >= 11 is 0. The van der Waals surface area contributed by atoms with Gasteiger partial charge in [-0.25, -0.2) is 0 Å². The normalized spacial score (nSPS) is 12.2. The van der Waals surface area contributed by atoms with E-state index in [1.165, 1.54) is 26.6 Å². The van der Waals surface area contributed by atoms with Crippen molar-refractivity contribution < 1.29 is 22.7 Å². The molecule has 0 aliphatic rings. The first-order valence-corrected chi connectivity index (χ1v) is 6.64. The van der Waals surface area contributed by atoms with Gasteiger partial charge in [-0.2, -0.15) is 17.0 Å². The Labute approximate surface area is 106 Å². The summed E-state index contributed by atoms with van der Waals surface area (Å²) in [6, 6.07) is 1.67. The highest BCUT2D eigenvalue weighted by Crippen LogP contribution is 2.10. The van der Waals surface area contributed by atoms with E-state index < -0.39 is 16.2 Å². The molecule has 0 fully saturated rings. The third kappa shape index (κ3) is 3.83. The smallest absolute Gasteiger partial charge is 0.304 e. The molecule has 1 rings (SSSR count). The number of carboxylic acids is 1. The van der Waals surface area contributed by atoms with E-state index in [1.807, 2.05) is 0 Å². The molecule has 0 atom stereocenters. The Morgan fingerprint density at radius 2 is 2.06 bits per heavy atom. The number of carboxylic acid groups (broad SMARTS) is 1. The quantitative estimate of drug-likeness (QED) is 0.776. The molecule has 1 aromatic rings. The Bertz CT molecular complexity index is 482. The van der Waals surface area contributed by atoms with Crippen LogP contribution < -0.4 is 0 Å². The lowest BCUT2D eigenvalue weighted by atomic mass is 10.3. The summed E-state index contributed by atoms with van der Waals surface area (Å²) in [5.41, 5.74) is 0.729. The van der Waals surface area contributed by atoms with Crippen LogP contribution in [0.15, 0.2) is 23.0 Å². The number of rotatable bonds is 7. The fraction of sp³-hybridized carbons (Fsp3) is 0.500. The molecule has 0 aliphatic heterocycles. The molecule has 8 heteroatoms. The van der Waals surface area contributed by atoms with E-state index >= 15 is 0 Å². The van der Waals surface area contributed by atoms with Crippen LogP contribution in [0.5, 0.6) is 0 Å². The highest BCUT2D eigenvalue weighted by Gasteiger charge is 2.24. The van der Waals surface area contributed by atoms with Crippen LogP contribution in [0.1, 0.15) is 12.0 Å². The van der Waals surface area contributed by atoms with Crippen molar-refractivity contribution in [3.8, 4) is 0 Å². The topological polar surface area (TPSA) is 91.1 Å². The number of carbonyl (C=O) groups is 1. The third-order valence-electron chi connectivity index (χ3n) is 2.41. The summed E-state index contributed by atoms with van der Waals surface area (Å²) in [5.74, 6) is -1.03. The number of hydrogen-bond donors (Lipinski definition) is 1. The molecule has 0 saturated carbocycles. The molecular formula is C10H16N2O5S. The second-order valence-electron chi connectivity index (χ2n) is 3.86. The van der Waals surface area contributed by atoms with Crippen LogP contribution in [0.25, 0.3) is 0 Å². The van der Waals surface area contributed by atoms with Gasteiger partial charge in [0, 0.05) is 32.7 Å². The second-order valence-corrected chi connectivity index (χ2v) is 6.00. The van der Waals surface area contributed by atoms with Crippen molar-refractivity contribution in [2.75, 3.05) is 20.6 Å². The summed E-state index contributed by atoms with van der Waals surface area (Å²) in [6.45, 7) is 0.115. The molecule has 0 spiro atoms. The standard InChI is InChI=1S/C10H16N2O5S/c1-11(5-3-10(13)14)18(15,16)12(2)7-9-4-6-17-8-9/h4,6,8H,3,5,7H2,1-2H3,(H,13,14). The number of nitrogens with zero attached hydrogens (tertiary/aromatic N) is 2. The first-order valence-electron chi connectivity index (χ1n) is 5.24. The van der Waals surface area contributed by atoms with E-state index in [-0.39, 0.29) is 19.5 Å². The van der Waals surface area contributed by atoms with Crippen LogP contribution in [0.3, 0.4) is 0 Å². The molecule has 1 aromatic heterocycles. The Morgan fingerprint density at radius 3 is 2.56 bits per heavy atom. The molecule has 0 unspecified atom stereocenters. The van der Waals surface area contributed by atoms with Gasteiger partial charge in [-0.15, -0.1) is 0 Å². The Kier molecular flexibility index (Phi) is 4.88. The van der Waals surface area contributed by atoms with Crippen molar-refractivity contribution in [2.45, 2.75) is 13.0 Å². The minimum absolute atomic E-state index is 0.0621. The minimum atomic E-state index is -3.65. The molecule has 18 heavy (non-hydrogen) atoms. The Morgan fingerprint density at radius 1 is 1.39 bits per heavy atom. The van der Waals surface area contributed by atoms with Crippen molar-refractivity contribution in [1.82, 2.24) is 8.61 Å². The van der Waals surface area contributed by atoms with E-state index in [1.54, 1.807) is 6.07 Å².